The molecule has 0 spiro atoms. The van der Waals surface area contributed by atoms with Crippen molar-refractivity contribution in [3.05, 3.63) is 59.7 Å². The van der Waals surface area contributed by atoms with Crippen molar-refractivity contribution in [1.82, 2.24) is 5.01 Å². The number of hydrazine groups is 1. The number of halogens is 3. The predicted molar refractivity (Wildman–Crippen MR) is 105 cm³/mol. The van der Waals surface area contributed by atoms with Crippen molar-refractivity contribution >= 4 is 0 Å². The number of nitrogens with zero attached hydrogens (tertiary/aromatic N) is 1. The highest BCUT2D eigenvalue weighted by Crippen LogP contribution is 2.39. The van der Waals surface area contributed by atoms with Crippen molar-refractivity contribution in [3.8, 4) is 11.5 Å². The summed E-state index contributed by atoms with van der Waals surface area (Å²) in [7, 11) is 0. The summed E-state index contributed by atoms with van der Waals surface area (Å²) in [5, 5.41) is 1.84. The van der Waals surface area contributed by atoms with E-state index in [9.17, 15) is 13.2 Å². The quantitative estimate of drug-likeness (QED) is 0.664. The van der Waals surface area contributed by atoms with Crippen LogP contribution in [0.1, 0.15) is 43.9 Å². The van der Waals surface area contributed by atoms with Crippen molar-refractivity contribution < 1.29 is 22.6 Å². The lowest BCUT2D eigenvalue weighted by molar-refractivity contribution is -0.274. The number of alkyl halides is 3. The Labute approximate surface area is 169 Å². The van der Waals surface area contributed by atoms with Crippen LogP contribution in [0.2, 0.25) is 0 Å². The third-order valence-corrected chi connectivity index (χ3v) is 5.05. The number of rotatable bonds is 6. The standard InChI is InChI=1S/C22H27F3N2O2/c1-15(2)28-20-11-10-19(29-22(23,24)25)14-18(20)13-17-9-6-12-27(26)21(17)16-7-4-3-5-8-16/h3-5,7-8,10-11,14-15,17,21H,6,9,12-13,26H2,1-2H3/t17-,21+/m0/s1. The zero-order chi connectivity index (χ0) is 21.0. The maximum absolute atomic E-state index is 12.7. The van der Waals surface area contributed by atoms with Crippen LogP contribution in [0.5, 0.6) is 11.5 Å². The molecular formula is C22H27F3N2O2. The van der Waals surface area contributed by atoms with E-state index in [0.717, 1.165) is 24.9 Å². The minimum Gasteiger partial charge on any atom is -0.491 e. The van der Waals surface area contributed by atoms with Crippen molar-refractivity contribution in [2.75, 3.05) is 6.54 Å². The van der Waals surface area contributed by atoms with Gasteiger partial charge < -0.3 is 9.47 Å². The number of ether oxygens (including phenoxy) is 2. The fourth-order valence-electron chi connectivity index (χ4n) is 4.00. The molecule has 4 nitrogen and oxygen atoms in total. The Hall–Kier alpha value is -2.25. The zero-order valence-corrected chi connectivity index (χ0v) is 16.7. The maximum atomic E-state index is 12.7. The van der Waals surface area contributed by atoms with Crippen molar-refractivity contribution in [1.29, 1.82) is 0 Å². The van der Waals surface area contributed by atoms with E-state index in [2.05, 4.69) is 4.74 Å². The van der Waals surface area contributed by atoms with Gasteiger partial charge in [0.05, 0.1) is 12.1 Å². The summed E-state index contributed by atoms with van der Waals surface area (Å²) in [4.78, 5) is 0. The van der Waals surface area contributed by atoms with Gasteiger partial charge >= 0.3 is 6.36 Å². The fraction of sp³-hybridized carbons (Fsp3) is 0.455. The maximum Gasteiger partial charge on any atom is 0.573 e. The summed E-state index contributed by atoms with van der Waals surface area (Å²) in [6, 6.07) is 14.2. The van der Waals surface area contributed by atoms with Gasteiger partial charge in [0.15, 0.2) is 0 Å². The van der Waals surface area contributed by atoms with Gasteiger partial charge in [-0.15, -0.1) is 13.2 Å². The SMILES string of the molecule is CC(C)Oc1ccc(OC(F)(F)F)cc1C[C@@H]1CCCN(N)[C@@H]1c1ccccc1. The first-order valence-corrected chi connectivity index (χ1v) is 9.84. The predicted octanol–water partition coefficient (Wildman–Crippen LogP) is 5.24. The Kier molecular flexibility index (Phi) is 6.70. The lowest BCUT2D eigenvalue weighted by atomic mass is 9.81. The van der Waals surface area contributed by atoms with Crippen LogP contribution in [0.4, 0.5) is 13.2 Å². The van der Waals surface area contributed by atoms with Gasteiger partial charge in [0.1, 0.15) is 11.5 Å². The van der Waals surface area contributed by atoms with E-state index in [1.54, 1.807) is 6.07 Å². The molecule has 0 amide bonds. The molecule has 1 aliphatic heterocycles. The Morgan fingerprint density at radius 1 is 1.14 bits per heavy atom. The Morgan fingerprint density at radius 3 is 2.52 bits per heavy atom. The molecular weight excluding hydrogens is 381 g/mol. The second kappa shape index (κ2) is 9.05. The first kappa shape index (κ1) is 21.5. The summed E-state index contributed by atoms with van der Waals surface area (Å²) < 4.78 is 48.1. The molecule has 29 heavy (non-hydrogen) atoms. The summed E-state index contributed by atoms with van der Waals surface area (Å²) in [6.07, 6.45) is -2.42. The molecule has 1 heterocycles. The molecule has 2 N–H and O–H groups in total. The average molecular weight is 408 g/mol. The van der Waals surface area contributed by atoms with Crippen LogP contribution in [0.3, 0.4) is 0 Å². The minimum atomic E-state index is -4.73. The van der Waals surface area contributed by atoms with Gasteiger partial charge in [-0.3, -0.25) is 5.84 Å². The monoisotopic (exact) mass is 408 g/mol. The van der Waals surface area contributed by atoms with Crippen LogP contribution >= 0.6 is 0 Å². The van der Waals surface area contributed by atoms with Crippen molar-refractivity contribution in [2.45, 2.75) is 51.6 Å². The molecule has 0 radical (unpaired) electrons. The van der Waals surface area contributed by atoms with Gasteiger partial charge in [0.2, 0.25) is 0 Å². The van der Waals surface area contributed by atoms with Crippen molar-refractivity contribution in [2.24, 2.45) is 11.8 Å². The average Bonchev–Trinajstić information content (AvgIpc) is 2.63. The number of nitrogens with two attached hydrogens (primary N) is 1. The minimum absolute atomic E-state index is 0.0101. The van der Waals surface area contributed by atoms with Crippen LogP contribution in [0.15, 0.2) is 48.5 Å². The zero-order valence-electron chi connectivity index (χ0n) is 16.7. The fourth-order valence-corrected chi connectivity index (χ4v) is 4.00. The Balaban J connectivity index is 1.91. The second-order valence-electron chi connectivity index (χ2n) is 7.68. The van der Waals surface area contributed by atoms with Gasteiger partial charge in [-0.1, -0.05) is 30.3 Å². The molecule has 0 saturated carbocycles. The summed E-state index contributed by atoms with van der Waals surface area (Å²) in [5.41, 5.74) is 1.80. The normalized spacial score (nSPS) is 20.7. The van der Waals surface area contributed by atoms with E-state index in [4.69, 9.17) is 10.6 Å². The van der Waals surface area contributed by atoms with E-state index in [-0.39, 0.29) is 23.8 Å². The second-order valence-corrected chi connectivity index (χ2v) is 7.68. The number of piperidine rings is 1. The Bertz CT molecular complexity index is 796. The number of benzene rings is 2. The Morgan fingerprint density at radius 2 is 1.86 bits per heavy atom. The van der Waals surface area contributed by atoms with Gasteiger partial charge in [0, 0.05) is 6.54 Å². The third-order valence-electron chi connectivity index (χ3n) is 5.05. The highest BCUT2D eigenvalue weighted by Gasteiger charge is 2.33. The molecule has 3 rings (SSSR count). The molecule has 0 unspecified atom stereocenters. The summed E-state index contributed by atoms with van der Waals surface area (Å²) in [5.74, 6) is 6.80. The molecule has 1 saturated heterocycles. The molecule has 158 valence electrons. The van der Waals surface area contributed by atoms with Gasteiger partial charge in [-0.2, -0.15) is 0 Å². The van der Waals surface area contributed by atoms with Crippen LogP contribution in [-0.2, 0) is 6.42 Å². The lowest BCUT2D eigenvalue weighted by Gasteiger charge is -2.39. The van der Waals surface area contributed by atoms with Gasteiger partial charge in [-0.25, -0.2) is 5.01 Å². The lowest BCUT2D eigenvalue weighted by Crippen LogP contribution is -2.44. The van der Waals surface area contributed by atoms with Crippen LogP contribution in [-0.4, -0.2) is 24.0 Å². The summed E-state index contributed by atoms with van der Waals surface area (Å²) in [6.45, 7) is 4.56. The van der Waals surface area contributed by atoms with Gasteiger partial charge in [0.25, 0.3) is 0 Å². The highest BCUT2D eigenvalue weighted by atomic mass is 19.4. The van der Waals surface area contributed by atoms with E-state index in [1.807, 2.05) is 49.2 Å². The summed E-state index contributed by atoms with van der Waals surface area (Å²) >= 11 is 0. The first-order valence-electron chi connectivity index (χ1n) is 9.84. The third kappa shape index (κ3) is 5.87. The van der Waals surface area contributed by atoms with Crippen LogP contribution in [0.25, 0.3) is 0 Å². The highest BCUT2D eigenvalue weighted by molar-refractivity contribution is 5.41. The topological polar surface area (TPSA) is 47.7 Å². The van der Waals surface area contributed by atoms with Crippen molar-refractivity contribution in [3.63, 3.8) is 0 Å². The van der Waals surface area contributed by atoms with E-state index in [0.29, 0.717) is 17.7 Å². The van der Waals surface area contributed by atoms with Crippen LogP contribution in [0, 0.1) is 5.92 Å². The molecule has 0 aliphatic carbocycles. The first-order chi connectivity index (χ1) is 13.7. The molecule has 2 atom stereocenters. The number of hydrogen-bond acceptors (Lipinski definition) is 4. The molecule has 7 heteroatoms. The smallest absolute Gasteiger partial charge is 0.491 e. The molecule has 2 aromatic rings. The molecule has 2 aromatic carbocycles. The van der Waals surface area contributed by atoms with E-state index < -0.39 is 6.36 Å². The van der Waals surface area contributed by atoms with E-state index >= 15 is 0 Å². The molecule has 0 bridgehead atoms. The number of hydrogen-bond donors (Lipinski definition) is 1. The van der Waals surface area contributed by atoms with Gasteiger partial charge in [-0.05, 0) is 68.4 Å². The largest absolute Gasteiger partial charge is 0.573 e. The van der Waals surface area contributed by atoms with E-state index in [1.165, 1.54) is 12.1 Å². The van der Waals surface area contributed by atoms with Crippen LogP contribution < -0.4 is 15.3 Å². The molecule has 0 aromatic heterocycles. The molecule has 1 fully saturated rings. The molecule has 1 aliphatic rings.